The highest BCUT2D eigenvalue weighted by atomic mass is 19.4. The van der Waals surface area contributed by atoms with Gasteiger partial charge in [0.1, 0.15) is 22.8 Å². The van der Waals surface area contributed by atoms with E-state index in [2.05, 4.69) is 5.32 Å². The standard InChI is InChI=1S/C21H12F3N3O3/c22-21(23,24)17-8-7-14(19(28)26-17)20(29)27-18-12-3-1-2-4-15(12)30-16-9-11(10-25)5-6-13(16)18/h1-9,18H,(H,26,28)(H,27,29). The van der Waals surface area contributed by atoms with Crippen molar-refractivity contribution in [2.24, 2.45) is 0 Å². The first-order valence-corrected chi connectivity index (χ1v) is 8.70. The Morgan fingerprint density at radius 2 is 1.80 bits per heavy atom. The third-order valence-electron chi connectivity index (χ3n) is 4.64. The van der Waals surface area contributed by atoms with E-state index in [4.69, 9.17) is 10.00 Å². The summed E-state index contributed by atoms with van der Waals surface area (Å²) in [6.45, 7) is 0. The number of nitrogens with zero attached hydrogens (tertiary/aromatic N) is 1. The molecule has 0 saturated carbocycles. The number of amides is 1. The first-order valence-electron chi connectivity index (χ1n) is 8.70. The number of H-pyrrole nitrogens is 1. The first kappa shape index (κ1) is 19.3. The van der Waals surface area contributed by atoms with E-state index in [1.807, 2.05) is 6.07 Å². The van der Waals surface area contributed by atoms with Gasteiger partial charge in [-0.25, -0.2) is 0 Å². The van der Waals surface area contributed by atoms with Crippen LogP contribution < -0.4 is 15.6 Å². The number of nitriles is 1. The van der Waals surface area contributed by atoms with Crippen LogP contribution in [0.2, 0.25) is 0 Å². The SMILES string of the molecule is N#Cc1ccc2c(c1)Oc1ccccc1C2NC(=O)c1ccc(C(F)(F)F)[nH]c1=O. The molecular formula is C21H12F3N3O3. The summed E-state index contributed by atoms with van der Waals surface area (Å²) in [5.74, 6) is -0.0342. The van der Waals surface area contributed by atoms with Crippen LogP contribution in [0.4, 0.5) is 13.2 Å². The molecule has 2 N–H and O–H groups in total. The van der Waals surface area contributed by atoms with Gasteiger partial charge in [0, 0.05) is 11.1 Å². The fraction of sp³-hybridized carbons (Fsp3) is 0.0952. The van der Waals surface area contributed by atoms with Gasteiger partial charge in [-0.1, -0.05) is 24.3 Å². The van der Waals surface area contributed by atoms with Crippen molar-refractivity contribution in [1.82, 2.24) is 10.3 Å². The van der Waals surface area contributed by atoms with Gasteiger partial charge in [0.2, 0.25) is 0 Å². The van der Waals surface area contributed by atoms with Crippen LogP contribution in [0.15, 0.2) is 59.4 Å². The Hall–Kier alpha value is -4.06. The average molecular weight is 411 g/mol. The second-order valence-corrected chi connectivity index (χ2v) is 6.52. The van der Waals surface area contributed by atoms with Gasteiger partial charge in [0.15, 0.2) is 0 Å². The molecule has 0 aliphatic carbocycles. The molecule has 2 heterocycles. The van der Waals surface area contributed by atoms with Crippen molar-refractivity contribution in [1.29, 1.82) is 5.26 Å². The van der Waals surface area contributed by atoms with Crippen LogP contribution in [0.1, 0.15) is 38.8 Å². The number of nitrogens with one attached hydrogen (secondary N) is 2. The zero-order valence-corrected chi connectivity index (χ0v) is 15.1. The Kier molecular flexibility index (Phi) is 4.54. The lowest BCUT2D eigenvalue weighted by atomic mass is 9.93. The van der Waals surface area contributed by atoms with Crippen molar-refractivity contribution in [3.05, 3.63) is 92.9 Å². The lowest BCUT2D eigenvalue weighted by Gasteiger charge is -2.29. The van der Waals surface area contributed by atoms with Gasteiger partial charge in [0.05, 0.1) is 17.7 Å². The molecule has 0 saturated heterocycles. The maximum absolute atomic E-state index is 12.8. The lowest BCUT2D eigenvalue weighted by molar-refractivity contribution is -0.141. The zero-order chi connectivity index (χ0) is 21.5. The van der Waals surface area contributed by atoms with Crippen molar-refractivity contribution < 1.29 is 22.7 Å². The molecule has 3 aromatic rings. The van der Waals surface area contributed by atoms with Crippen LogP contribution in [0.25, 0.3) is 0 Å². The van der Waals surface area contributed by atoms with Gasteiger partial charge in [-0.2, -0.15) is 18.4 Å². The molecule has 150 valence electrons. The molecule has 9 heteroatoms. The smallest absolute Gasteiger partial charge is 0.431 e. The molecule has 1 aliphatic heterocycles. The first-order chi connectivity index (χ1) is 14.3. The van der Waals surface area contributed by atoms with E-state index < -0.39 is 34.9 Å². The summed E-state index contributed by atoms with van der Waals surface area (Å²) in [5, 5.41) is 11.8. The number of para-hydroxylation sites is 1. The molecule has 1 unspecified atom stereocenters. The quantitative estimate of drug-likeness (QED) is 0.669. The largest absolute Gasteiger partial charge is 0.457 e. The maximum Gasteiger partial charge on any atom is 0.431 e. The summed E-state index contributed by atoms with van der Waals surface area (Å²) in [6, 6.07) is 14.3. The molecule has 6 nitrogen and oxygen atoms in total. The van der Waals surface area contributed by atoms with E-state index in [-0.39, 0.29) is 0 Å². The summed E-state index contributed by atoms with van der Waals surface area (Å²) >= 11 is 0. The minimum atomic E-state index is -4.73. The molecular weight excluding hydrogens is 399 g/mol. The van der Waals surface area contributed by atoms with Crippen molar-refractivity contribution in [3.63, 3.8) is 0 Å². The molecule has 1 amide bonds. The molecule has 1 atom stereocenters. The molecule has 1 aromatic heterocycles. The van der Waals surface area contributed by atoms with Crippen LogP contribution >= 0.6 is 0 Å². The highest BCUT2D eigenvalue weighted by Crippen LogP contribution is 2.43. The molecule has 0 bridgehead atoms. The molecule has 0 spiro atoms. The topological polar surface area (TPSA) is 95.0 Å². The van der Waals surface area contributed by atoms with Crippen LogP contribution in [-0.4, -0.2) is 10.9 Å². The third kappa shape index (κ3) is 3.39. The monoisotopic (exact) mass is 411 g/mol. The highest BCUT2D eigenvalue weighted by Gasteiger charge is 2.33. The summed E-state index contributed by atoms with van der Waals surface area (Å²) < 4.78 is 44.1. The Balaban J connectivity index is 1.72. The molecule has 30 heavy (non-hydrogen) atoms. The predicted octanol–water partition coefficient (Wildman–Crippen LogP) is 3.89. The van der Waals surface area contributed by atoms with Crippen LogP contribution in [0, 0.1) is 11.3 Å². The minimum Gasteiger partial charge on any atom is -0.457 e. The van der Waals surface area contributed by atoms with Crippen molar-refractivity contribution >= 4 is 5.91 Å². The zero-order valence-electron chi connectivity index (χ0n) is 15.1. The van der Waals surface area contributed by atoms with Crippen molar-refractivity contribution in [3.8, 4) is 17.6 Å². The highest BCUT2D eigenvalue weighted by molar-refractivity contribution is 5.94. The number of aromatic nitrogens is 1. The Bertz CT molecular complexity index is 1260. The maximum atomic E-state index is 12.8. The van der Waals surface area contributed by atoms with Gasteiger partial charge in [-0.05, 0) is 30.3 Å². The Morgan fingerprint density at radius 3 is 2.50 bits per heavy atom. The fourth-order valence-electron chi connectivity index (χ4n) is 3.21. The normalized spacial score (nSPS) is 14.7. The molecule has 2 aromatic carbocycles. The van der Waals surface area contributed by atoms with Gasteiger partial charge in [-0.15, -0.1) is 0 Å². The summed E-state index contributed by atoms with van der Waals surface area (Å²) in [6.07, 6.45) is -4.73. The number of rotatable bonds is 2. The molecule has 0 fully saturated rings. The number of ether oxygens (including phenoxy) is 1. The molecule has 0 radical (unpaired) electrons. The van der Waals surface area contributed by atoms with E-state index in [0.717, 1.165) is 6.07 Å². The van der Waals surface area contributed by atoms with Crippen LogP contribution in [0.5, 0.6) is 11.5 Å². The van der Waals surface area contributed by atoms with Gasteiger partial charge in [0.25, 0.3) is 11.5 Å². The number of carbonyl (C=O) groups excluding carboxylic acids is 1. The number of alkyl halides is 3. The Labute approximate surface area is 167 Å². The second kappa shape index (κ2) is 7.08. The van der Waals surface area contributed by atoms with E-state index in [9.17, 15) is 22.8 Å². The van der Waals surface area contributed by atoms with E-state index in [0.29, 0.717) is 34.3 Å². The van der Waals surface area contributed by atoms with Crippen molar-refractivity contribution in [2.75, 3.05) is 0 Å². The van der Waals surface area contributed by atoms with Gasteiger partial charge < -0.3 is 15.0 Å². The number of halogens is 3. The van der Waals surface area contributed by atoms with Crippen LogP contribution in [0.3, 0.4) is 0 Å². The number of benzene rings is 2. The van der Waals surface area contributed by atoms with Crippen molar-refractivity contribution in [2.45, 2.75) is 12.2 Å². The average Bonchev–Trinajstić information content (AvgIpc) is 2.72. The van der Waals surface area contributed by atoms with Gasteiger partial charge in [-0.3, -0.25) is 9.59 Å². The summed E-state index contributed by atoms with van der Waals surface area (Å²) in [4.78, 5) is 26.5. The number of aromatic amines is 1. The van der Waals surface area contributed by atoms with Crippen LogP contribution in [-0.2, 0) is 6.18 Å². The minimum absolute atomic E-state index is 0.359. The van der Waals surface area contributed by atoms with Gasteiger partial charge >= 0.3 is 6.18 Å². The number of hydrogen-bond donors (Lipinski definition) is 2. The number of carbonyl (C=O) groups is 1. The van der Waals surface area contributed by atoms with E-state index in [1.54, 1.807) is 41.4 Å². The number of fused-ring (bicyclic) bond motifs is 2. The predicted molar refractivity (Wildman–Crippen MR) is 99.0 cm³/mol. The lowest BCUT2D eigenvalue weighted by Crippen LogP contribution is -2.35. The molecule has 1 aliphatic rings. The third-order valence-corrected chi connectivity index (χ3v) is 4.64. The van der Waals surface area contributed by atoms with E-state index in [1.165, 1.54) is 6.07 Å². The summed E-state index contributed by atoms with van der Waals surface area (Å²) in [7, 11) is 0. The second-order valence-electron chi connectivity index (χ2n) is 6.52. The fourth-order valence-corrected chi connectivity index (χ4v) is 3.21. The molecule has 4 rings (SSSR count). The van der Waals surface area contributed by atoms with E-state index >= 15 is 0 Å². The summed E-state index contributed by atoms with van der Waals surface area (Å²) in [5.41, 5.74) is -1.34. The number of hydrogen-bond acceptors (Lipinski definition) is 4. The Morgan fingerprint density at radius 1 is 1.07 bits per heavy atom. The number of pyridine rings is 1.